The summed E-state index contributed by atoms with van der Waals surface area (Å²) in [5, 5.41) is 16.4. The second-order valence-electron chi connectivity index (χ2n) is 5.41. The summed E-state index contributed by atoms with van der Waals surface area (Å²) in [6.45, 7) is 1.66. The van der Waals surface area contributed by atoms with Crippen LogP contribution < -0.4 is 16.0 Å². The third-order valence-electron chi connectivity index (χ3n) is 3.62. The Hall–Kier alpha value is -2.66. The van der Waals surface area contributed by atoms with Crippen LogP contribution in [-0.2, 0) is 7.05 Å². The number of piperidine rings is 1. The van der Waals surface area contributed by atoms with Crippen LogP contribution in [0.3, 0.4) is 0 Å². The number of anilines is 3. The first kappa shape index (κ1) is 14.3. The number of nitriles is 1. The molecule has 0 unspecified atom stereocenters. The summed E-state index contributed by atoms with van der Waals surface area (Å²) in [5.41, 5.74) is 7.04. The van der Waals surface area contributed by atoms with Crippen molar-refractivity contribution in [2.24, 2.45) is 12.8 Å². The topological polar surface area (TPSA) is 109 Å². The van der Waals surface area contributed by atoms with Crippen LogP contribution in [-0.4, -0.2) is 38.9 Å². The Balaban J connectivity index is 1.87. The van der Waals surface area contributed by atoms with Gasteiger partial charge in [0.1, 0.15) is 11.9 Å². The first-order valence-electron chi connectivity index (χ1n) is 7.19. The highest BCUT2D eigenvalue weighted by molar-refractivity contribution is 5.61. The molecule has 3 N–H and O–H groups in total. The van der Waals surface area contributed by atoms with Crippen molar-refractivity contribution >= 4 is 17.3 Å². The van der Waals surface area contributed by atoms with Gasteiger partial charge in [0.05, 0.1) is 18.1 Å². The van der Waals surface area contributed by atoms with Gasteiger partial charge in [0.15, 0.2) is 11.5 Å². The van der Waals surface area contributed by atoms with Crippen molar-refractivity contribution in [3.63, 3.8) is 0 Å². The van der Waals surface area contributed by atoms with Gasteiger partial charge in [0.25, 0.3) is 0 Å². The van der Waals surface area contributed by atoms with Crippen molar-refractivity contribution in [2.75, 3.05) is 23.3 Å². The van der Waals surface area contributed by atoms with Gasteiger partial charge in [-0.25, -0.2) is 9.97 Å². The van der Waals surface area contributed by atoms with E-state index in [1.165, 1.54) is 0 Å². The van der Waals surface area contributed by atoms with Crippen molar-refractivity contribution in [3.8, 4) is 6.07 Å². The van der Waals surface area contributed by atoms with Crippen LogP contribution in [0.2, 0.25) is 0 Å². The molecule has 8 heteroatoms. The molecular formula is C14H18N8. The van der Waals surface area contributed by atoms with E-state index in [9.17, 15) is 5.26 Å². The van der Waals surface area contributed by atoms with Gasteiger partial charge in [0.2, 0.25) is 0 Å². The molecule has 2 aromatic rings. The molecule has 0 radical (unpaired) electrons. The maximum Gasteiger partial charge on any atom is 0.183 e. The largest absolute Gasteiger partial charge is 0.354 e. The molecule has 0 bridgehead atoms. The summed E-state index contributed by atoms with van der Waals surface area (Å²) in [7, 11) is 1.83. The molecule has 0 saturated carbocycles. The van der Waals surface area contributed by atoms with E-state index in [0.717, 1.165) is 37.4 Å². The zero-order valence-corrected chi connectivity index (χ0v) is 12.4. The molecular weight excluding hydrogens is 280 g/mol. The van der Waals surface area contributed by atoms with Gasteiger partial charge < -0.3 is 16.0 Å². The number of hydrogen-bond donors (Lipinski definition) is 2. The van der Waals surface area contributed by atoms with Gasteiger partial charge in [-0.1, -0.05) is 0 Å². The van der Waals surface area contributed by atoms with Gasteiger partial charge in [-0.15, -0.1) is 0 Å². The van der Waals surface area contributed by atoms with E-state index in [1.807, 2.05) is 13.2 Å². The molecule has 3 rings (SSSR count). The zero-order chi connectivity index (χ0) is 15.5. The first-order chi connectivity index (χ1) is 10.7. The number of rotatable bonds is 3. The van der Waals surface area contributed by atoms with Crippen LogP contribution in [0.25, 0.3) is 0 Å². The van der Waals surface area contributed by atoms with Gasteiger partial charge in [-0.3, -0.25) is 4.68 Å². The molecule has 8 nitrogen and oxygen atoms in total. The Morgan fingerprint density at radius 1 is 1.45 bits per heavy atom. The average molecular weight is 298 g/mol. The summed E-state index contributed by atoms with van der Waals surface area (Å²) in [6, 6.07) is 2.21. The van der Waals surface area contributed by atoms with E-state index in [1.54, 1.807) is 17.1 Å². The molecule has 1 aliphatic heterocycles. The minimum Gasteiger partial charge on any atom is -0.354 e. The lowest BCUT2D eigenvalue weighted by Crippen LogP contribution is -2.43. The molecule has 22 heavy (non-hydrogen) atoms. The number of aromatic nitrogens is 4. The molecule has 0 aromatic carbocycles. The molecule has 1 fully saturated rings. The molecule has 1 aliphatic rings. The fourth-order valence-electron chi connectivity index (χ4n) is 2.54. The van der Waals surface area contributed by atoms with Crippen LogP contribution in [0.4, 0.5) is 17.3 Å². The third kappa shape index (κ3) is 2.99. The van der Waals surface area contributed by atoms with Crippen molar-refractivity contribution in [2.45, 2.75) is 18.9 Å². The van der Waals surface area contributed by atoms with Crippen molar-refractivity contribution in [3.05, 3.63) is 24.3 Å². The standard InChI is InChI=1S/C14H18N8/c1-21-9-11(6-18-21)19-14-12(5-15)17-7-13(20-14)22-4-2-3-10(16)8-22/h6-7,9-10H,2-4,8,16H2,1H3,(H,19,20)/t10-/m1/s1. The number of hydrogen-bond acceptors (Lipinski definition) is 7. The number of nitrogens with two attached hydrogens (primary N) is 1. The van der Waals surface area contributed by atoms with Gasteiger partial charge in [-0.05, 0) is 12.8 Å². The first-order valence-corrected chi connectivity index (χ1v) is 7.19. The van der Waals surface area contributed by atoms with Gasteiger partial charge >= 0.3 is 0 Å². The van der Waals surface area contributed by atoms with Crippen molar-refractivity contribution < 1.29 is 0 Å². The van der Waals surface area contributed by atoms with Crippen LogP contribution in [0.1, 0.15) is 18.5 Å². The van der Waals surface area contributed by atoms with Gasteiger partial charge in [0, 0.05) is 32.4 Å². The second-order valence-corrected chi connectivity index (χ2v) is 5.41. The quantitative estimate of drug-likeness (QED) is 0.860. The van der Waals surface area contributed by atoms with Crippen molar-refractivity contribution in [1.29, 1.82) is 5.26 Å². The van der Waals surface area contributed by atoms with Crippen LogP contribution >= 0.6 is 0 Å². The van der Waals surface area contributed by atoms with E-state index in [-0.39, 0.29) is 11.7 Å². The lowest BCUT2D eigenvalue weighted by Gasteiger charge is -2.31. The van der Waals surface area contributed by atoms with Crippen LogP contribution in [0.5, 0.6) is 0 Å². The van der Waals surface area contributed by atoms with E-state index in [4.69, 9.17) is 5.73 Å². The molecule has 114 valence electrons. The maximum absolute atomic E-state index is 9.20. The number of nitrogens with zero attached hydrogens (tertiary/aromatic N) is 6. The summed E-state index contributed by atoms with van der Waals surface area (Å²) in [6.07, 6.45) is 7.18. The summed E-state index contributed by atoms with van der Waals surface area (Å²) >= 11 is 0. The number of aryl methyl sites for hydroxylation is 1. The normalized spacial score (nSPS) is 18.0. The summed E-state index contributed by atoms with van der Waals surface area (Å²) < 4.78 is 1.68. The SMILES string of the molecule is Cn1cc(Nc2nc(N3CCC[C@@H](N)C3)cnc2C#N)cn1. The molecule has 3 heterocycles. The molecule has 1 atom stereocenters. The molecule has 0 spiro atoms. The fourth-order valence-corrected chi connectivity index (χ4v) is 2.54. The molecule has 1 saturated heterocycles. The smallest absolute Gasteiger partial charge is 0.183 e. The molecule has 2 aromatic heterocycles. The highest BCUT2D eigenvalue weighted by Crippen LogP contribution is 2.22. The molecule has 0 amide bonds. The average Bonchev–Trinajstić information content (AvgIpc) is 2.92. The Morgan fingerprint density at radius 3 is 3.00 bits per heavy atom. The van der Waals surface area contributed by atoms with Gasteiger partial charge in [-0.2, -0.15) is 10.4 Å². The van der Waals surface area contributed by atoms with E-state index >= 15 is 0 Å². The third-order valence-corrected chi connectivity index (χ3v) is 3.62. The minimum absolute atomic E-state index is 0.154. The second kappa shape index (κ2) is 5.99. The van der Waals surface area contributed by atoms with E-state index in [2.05, 4.69) is 31.4 Å². The lowest BCUT2D eigenvalue weighted by atomic mass is 10.1. The highest BCUT2D eigenvalue weighted by atomic mass is 15.3. The van der Waals surface area contributed by atoms with Crippen LogP contribution in [0.15, 0.2) is 18.6 Å². The summed E-state index contributed by atoms with van der Waals surface area (Å²) in [5.74, 6) is 1.17. The Labute approximate surface area is 128 Å². The molecule has 0 aliphatic carbocycles. The number of nitrogens with one attached hydrogen (secondary N) is 1. The Kier molecular flexibility index (Phi) is 3.89. The fraction of sp³-hybridized carbons (Fsp3) is 0.429. The predicted molar refractivity (Wildman–Crippen MR) is 82.7 cm³/mol. The van der Waals surface area contributed by atoms with Crippen molar-refractivity contribution in [1.82, 2.24) is 19.7 Å². The lowest BCUT2D eigenvalue weighted by molar-refractivity contribution is 0.503. The van der Waals surface area contributed by atoms with E-state index < -0.39 is 0 Å². The predicted octanol–water partition coefficient (Wildman–Crippen LogP) is 0.753. The Morgan fingerprint density at radius 2 is 2.32 bits per heavy atom. The van der Waals surface area contributed by atoms with E-state index in [0.29, 0.717) is 5.82 Å². The Bertz CT molecular complexity index is 701. The zero-order valence-electron chi connectivity index (χ0n) is 12.4. The highest BCUT2D eigenvalue weighted by Gasteiger charge is 2.19. The van der Waals surface area contributed by atoms with Crippen LogP contribution in [0, 0.1) is 11.3 Å². The summed E-state index contributed by atoms with van der Waals surface area (Å²) in [4.78, 5) is 10.9. The maximum atomic E-state index is 9.20. The monoisotopic (exact) mass is 298 g/mol. The minimum atomic E-state index is 0.154.